The van der Waals surface area contributed by atoms with Crippen LogP contribution >= 0.6 is 0 Å². The summed E-state index contributed by atoms with van der Waals surface area (Å²) in [7, 11) is 0. The standard InChI is InChI=1S/C27H21NO5/c1-12-10-21(30)24-19(25(12)31)11-18-16(6-7-17-23(18)27(33)28-26(17)32)22(24)15-8-9-20(29)14-5-3-2-4-13(14)15/h2-6,8-10,17-18,22-23,29H,7,11H2,1H3,(H,28,32,33)/t17-,18+,22-,23-/m0/s1. The number of ketones is 2. The van der Waals surface area contributed by atoms with Crippen molar-refractivity contribution in [2.75, 3.05) is 0 Å². The Balaban J connectivity index is 1.63. The first-order valence-electron chi connectivity index (χ1n) is 11.1. The molecule has 0 aromatic heterocycles. The maximum absolute atomic E-state index is 13.3. The summed E-state index contributed by atoms with van der Waals surface area (Å²) in [4.78, 5) is 51.7. The Morgan fingerprint density at radius 1 is 0.939 bits per heavy atom. The molecule has 0 bridgehead atoms. The van der Waals surface area contributed by atoms with Gasteiger partial charge in [0.05, 0.1) is 11.8 Å². The highest BCUT2D eigenvalue weighted by Crippen LogP contribution is 2.55. The molecule has 2 amide bonds. The largest absolute Gasteiger partial charge is 0.507 e. The zero-order chi connectivity index (χ0) is 23.0. The van der Waals surface area contributed by atoms with Crippen molar-refractivity contribution in [1.29, 1.82) is 0 Å². The lowest BCUT2D eigenvalue weighted by atomic mass is 9.59. The molecule has 3 aliphatic carbocycles. The van der Waals surface area contributed by atoms with Gasteiger partial charge in [0.25, 0.3) is 0 Å². The molecular weight excluding hydrogens is 418 g/mol. The lowest BCUT2D eigenvalue weighted by Crippen LogP contribution is -2.39. The second-order valence-corrected chi connectivity index (χ2v) is 9.30. The summed E-state index contributed by atoms with van der Waals surface area (Å²) in [5.41, 5.74) is 3.00. The molecule has 4 atom stereocenters. The second kappa shape index (κ2) is 6.85. The highest BCUT2D eigenvalue weighted by atomic mass is 16.3. The highest BCUT2D eigenvalue weighted by molar-refractivity contribution is 6.24. The van der Waals surface area contributed by atoms with Crippen LogP contribution in [0.3, 0.4) is 0 Å². The maximum Gasteiger partial charge on any atom is 0.231 e. The van der Waals surface area contributed by atoms with Gasteiger partial charge in [-0.15, -0.1) is 0 Å². The van der Waals surface area contributed by atoms with E-state index in [0.29, 0.717) is 28.5 Å². The molecule has 1 saturated heterocycles. The van der Waals surface area contributed by atoms with Gasteiger partial charge < -0.3 is 5.11 Å². The number of hydrogen-bond donors (Lipinski definition) is 2. The van der Waals surface area contributed by atoms with Gasteiger partial charge in [0.2, 0.25) is 11.8 Å². The molecule has 1 fully saturated rings. The van der Waals surface area contributed by atoms with Gasteiger partial charge in [0, 0.05) is 28.0 Å². The minimum atomic E-state index is -0.549. The Morgan fingerprint density at radius 3 is 2.48 bits per heavy atom. The van der Waals surface area contributed by atoms with E-state index in [-0.39, 0.29) is 41.5 Å². The summed E-state index contributed by atoms with van der Waals surface area (Å²) in [6.45, 7) is 1.63. The van der Waals surface area contributed by atoms with Gasteiger partial charge in [-0.2, -0.15) is 0 Å². The lowest BCUT2D eigenvalue weighted by Gasteiger charge is -2.42. The molecule has 4 aliphatic rings. The Morgan fingerprint density at radius 2 is 1.70 bits per heavy atom. The van der Waals surface area contributed by atoms with Gasteiger partial charge in [-0.05, 0) is 48.8 Å². The van der Waals surface area contributed by atoms with Crippen molar-refractivity contribution in [3.63, 3.8) is 0 Å². The van der Waals surface area contributed by atoms with Gasteiger partial charge in [0.1, 0.15) is 5.75 Å². The van der Waals surface area contributed by atoms with Crippen molar-refractivity contribution < 1.29 is 24.3 Å². The monoisotopic (exact) mass is 439 g/mol. The zero-order valence-electron chi connectivity index (χ0n) is 17.9. The molecule has 6 heteroatoms. The van der Waals surface area contributed by atoms with Crippen LogP contribution in [0.4, 0.5) is 0 Å². The molecular formula is C27H21NO5. The number of amides is 2. The quantitative estimate of drug-likeness (QED) is 0.404. The molecule has 6 nitrogen and oxygen atoms in total. The van der Waals surface area contributed by atoms with Crippen molar-refractivity contribution in [1.82, 2.24) is 5.32 Å². The normalized spacial score (nSPS) is 28.8. The molecule has 0 unspecified atom stereocenters. The zero-order valence-corrected chi connectivity index (χ0v) is 17.9. The van der Waals surface area contributed by atoms with Crippen LogP contribution in [0.5, 0.6) is 5.75 Å². The Hall–Kier alpha value is -3.80. The Bertz CT molecular complexity index is 1410. The third-order valence-corrected chi connectivity index (χ3v) is 7.65. The number of aromatic hydroxyl groups is 1. The number of carbonyl (C=O) groups is 4. The molecule has 33 heavy (non-hydrogen) atoms. The van der Waals surface area contributed by atoms with E-state index in [2.05, 4.69) is 5.32 Å². The van der Waals surface area contributed by atoms with Crippen molar-refractivity contribution >= 4 is 34.2 Å². The second-order valence-electron chi connectivity index (χ2n) is 9.30. The average molecular weight is 439 g/mol. The number of phenolic OH excluding ortho intramolecular Hbond substituents is 1. The number of carbonyl (C=O) groups excluding carboxylic acids is 4. The molecule has 164 valence electrons. The van der Waals surface area contributed by atoms with E-state index >= 15 is 0 Å². The van der Waals surface area contributed by atoms with E-state index in [0.717, 1.165) is 16.5 Å². The maximum atomic E-state index is 13.3. The van der Waals surface area contributed by atoms with Gasteiger partial charge in [-0.25, -0.2) is 0 Å². The molecule has 0 spiro atoms. The van der Waals surface area contributed by atoms with Crippen LogP contribution < -0.4 is 5.32 Å². The summed E-state index contributed by atoms with van der Waals surface area (Å²) in [5.74, 6) is -2.67. The first kappa shape index (κ1) is 19.9. The predicted octanol–water partition coefficient (Wildman–Crippen LogP) is 3.26. The molecule has 6 rings (SSSR count). The van der Waals surface area contributed by atoms with Crippen molar-refractivity contribution in [3.8, 4) is 5.75 Å². The smallest absolute Gasteiger partial charge is 0.231 e. The number of rotatable bonds is 1. The van der Waals surface area contributed by atoms with E-state index in [4.69, 9.17) is 0 Å². The number of phenols is 1. The molecule has 1 aliphatic heterocycles. The van der Waals surface area contributed by atoms with E-state index in [9.17, 15) is 24.3 Å². The molecule has 0 saturated carbocycles. The van der Waals surface area contributed by atoms with E-state index in [1.165, 1.54) is 6.08 Å². The van der Waals surface area contributed by atoms with Crippen molar-refractivity contribution in [2.24, 2.45) is 17.8 Å². The third-order valence-electron chi connectivity index (χ3n) is 7.65. The fraction of sp³-hybridized carbons (Fsp3) is 0.259. The fourth-order valence-corrected chi connectivity index (χ4v) is 6.21. The van der Waals surface area contributed by atoms with Crippen LogP contribution in [0.2, 0.25) is 0 Å². The minimum Gasteiger partial charge on any atom is -0.507 e. The minimum absolute atomic E-state index is 0.135. The van der Waals surface area contributed by atoms with Crippen LogP contribution in [-0.4, -0.2) is 28.5 Å². The van der Waals surface area contributed by atoms with Gasteiger partial charge in [-0.1, -0.05) is 42.0 Å². The number of imide groups is 1. The van der Waals surface area contributed by atoms with Crippen molar-refractivity contribution in [2.45, 2.75) is 25.7 Å². The SMILES string of the molecule is CC1=CC(=O)C2=C(C[C@@H]3C(=CC[C@@H]4C(=O)NC(=O)[C@@H]43)[C@@H]2c2ccc(O)c3ccccc23)C1=O. The first-order chi connectivity index (χ1) is 15.9. The summed E-state index contributed by atoms with van der Waals surface area (Å²) in [5, 5.41) is 14.3. The van der Waals surface area contributed by atoms with E-state index in [1.54, 1.807) is 19.1 Å². The number of allylic oxidation sites excluding steroid dienone is 6. The van der Waals surface area contributed by atoms with Gasteiger partial charge in [-0.3, -0.25) is 24.5 Å². The van der Waals surface area contributed by atoms with Crippen LogP contribution in [0.1, 0.15) is 31.2 Å². The van der Waals surface area contributed by atoms with E-state index < -0.39 is 17.8 Å². The summed E-state index contributed by atoms with van der Waals surface area (Å²) in [6.07, 6.45) is 4.07. The van der Waals surface area contributed by atoms with E-state index in [1.807, 2.05) is 30.3 Å². The number of Topliss-reactive ketones (excluding diaryl/α,β-unsaturated/α-hetero) is 1. The number of hydrogen-bond acceptors (Lipinski definition) is 5. The van der Waals surface area contributed by atoms with Crippen molar-refractivity contribution in [3.05, 3.63) is 76.4 Å². The number of nitrogens with one attached hydrogen (secondary N) is 1. The number of benzene rings is 2. The third kappa shape index (κ3) is 2.67. The Kier molecular flexibility index (Phi) is 4.12. The average Bonchev–Trinajstić information content (AvgIpc) is 3.10. The summed E-state index contributed by atoms with van der Waals surface area (Å²) < 4.78 is 0. The van der Waals surface area contributed by atoms with Crippen LogP contribution in [0, 0.1) is 17.8 Å². The summed E-state index contributed by atoms with van der Waals surface area (Å²) in [6, 6.07) is 10.8. The topological polar surface area (TPSA) is 101 Å². The van der Waals surface area contributed by atoms with Gasteiger partial charge in [0.15, 0.2) is 11.6 Å². The predicted molar refractivity (Wildman–Crippen MR) is 120 cm³/mol. The fourth-order valence-electron chi connectivity index (χ4n) is 6.21. The molecule has 0 radical (unpaired) electrons. The van der Waals surface area contributed by atoms with Crippen LogP contribution in [-0.2, 0) is 19.2 Å². The molecule has 2 aromatic rings. The van der Waals surface area contributed by atoms with Gasteiger partial charge >= 0.3 is 0 Å². The number of fused-ring (bicyclic) bond motifs is 4. The highest BCUT2D eigenvalue weighted by Gasteiger charge is 2.53. The first-order valence-corrected chi connectivity index (χ1v) is 11.1. The molecule has 1 heterocycles. The van der Waals surface area contributed by atoms with Crippen LogP contribution in [0.25, 0.3) is 10.8 Å². The lowest BCUT2D eigenvalue weighted by molar-refractivity contribution is -0.126. The molecule has 2 N–H and O–H groups in total. The Labute approximate surface area is 189 Å². The van der Waals surface area contributed by atoms with Crippen LogP contribution in [0.15, 0.2) is 70.8 Å². The summed E-state index contributed by atoms with van der Waals surface area (Å²) >= 11 is 0. The molecule has 2 aromatic carbocycles.